The number of hydrogen-bond acceptors (Lipinski definition) is 6. The zero-order valence-electron chi connectivity index (χ0n) is 15.3. The summed E-state index contributed by atoms with van der Waals surface area (Å²) in [6, 6.07) is 8.03. The zero-order chi connectivity index (χ0) is 19.4. The van der Waals surface area contributed by atoms with Crippen LogP contribution >= 0.6 is 0 Å². The number of hydrogen-bond donors (Lipinski definition) is 2. The first-order valence-corrected chi connectivity index (χ1v) is 8.63. The van der Waals surface area contributed by atoms with Crippen molar-refractivity contribution >= 4 is 28.9 Å². The topological polar surface area (TPSA) is 103 Å². The molecular formula is C21H26N4O3. The van der Waals surface area contributed by atoms with Crippen molar-refractivity contribution in [2.75, 3.05) is 19.5 Å². The SMILES string of the molecule is C.COC(=O)/C=C/c1c(-c2ccc(C)cc2)c2c(N)ncnc2n1CCCO. The number of aliphatic hydroxyl groups is 1. The summed E-state index contributed by atoms with van der Waals surface area (Å²) in [6.07, 6.45) is 5.02. The molecule has 28 heavy (non-hydrogen) atoms. The maximum Gasteiger partial charge on any atom is 0.330 e. The summed E-state index contributed by atoms with van der Waals surface area (Å²) in [7, 11) is 1.33. The molecule has 7 nitrogen and oxygen atoms in total. The van der Waals surface area contributed by atoms with Crippen LogP contribution in [0, 0.1) is 6.92 Å². The predicted octanol–water partition coefficient (Wildman–Crippen LogP) is 3.19. The van der Waals surface area contributed by atoms with E-state index in [0.717, 1.165) is 27.8 Å². The number of aryl methyl sites for hydroxylation is 2. The van der Waals surface area contributed by atoms with Gasteiger partial charge in [-0.05, 0) is 25.0 Å². The normalized spacial score (nSPS) is 11.0. The molecule has 0 atom stereocenters. The molecule has 3 aromatic rings. The van der Waals surface area contributed by atoms with Gasteiger partial charge in [-0.2, -0.15) is 0 Å². The lowest BCUT2D eigenvalue weighted by Crippen LogP contribution is -2.04. The van der Waals surface area contributed by atoms with Crippen molar-refractivity contribution in [1.29, 1.82) is 0 Å². The van der Waals surface area contributed by atoms with Crippen LogP contribution in [0.1, 0.15) is 25.1 Å². The van der Waals surface area contributed by atoms with Gasteiger partial charge >= 0.3 is 5.97 Å². The smallest absolute Gasteiger partial charge is 0.330 e. The van der Waals surface area contributed by atoms with Crippen molar-refractivity contribution in [1.82, 2.24) is 14.5 Å². The van der Waals surface area contributed by atoms with E-state index in [9.17, 15) is 9.90 Å². The minimum absolute atomic E-state index is 0. The number of nitrogens with two attached hydrogens (primary N) is 1. The van der Waals surface area contributed by atoms with Gasteiger partial charge in [0.05, 0.1) is 18.2 Å². The second kappa shape index (κ2) is 9.14. The average Bonchev–Trinajstić information content (AvgIpc) is 2.99. The van der Waals surface area contributed by atoms with Gasteiger partial charge in [0.15, 0.2) is 0 Å². The number of esters is 1. The van der Waals surface area contributed by atoms with Gasteiger partial charge in [-0.25, -0.2) is 14.8 Å². The number of aromatic nitrogens is 3. The Morgan fingerprint density at radius 2 is 2.00 bits per heavy atom. The quantitative estimate of drug-likeness (QED) is 0.501. The van der Waals surface area contributed by atoms with Crippen LogP contribution in [0.5, 0.6) is 0 Å². The third-order valence-corrected chi connectivity index (χ3v) is 4.37. The minimum Gasteiger partial charge on any atom is -0.466 e. The highest BCUT2D eigenvalue weighted by molar-refractivity contribution is 6.05. The Hall–Kier alpha value is -3.19. The van der Waals surface area contributed by atoms with Crippen LogP contribution in [0.3, 0.4) is 0 Å². The Morgan fingerprint density at radius 3 is 2.64 bits per heavy atom. The first kappa shape index (κ1) is 21.1. The largest absolute Gasteiger partial charge is 0.466 e. The van der Waals surface area contributed by atoms with Gasteiger partial charge in [-0.15, -0.1) is 0 Å². The molecular weight excluding hydrogens is 356 g/mol. The lowest BCUT2D eigenvalue weighted by molar-refractivity contribution is -0.134. The van der Waals surface area contributed by atoms with Crippen LogP contribution in [0.2, 0.25) is 0 Å². The van der Waals surface area contributed by atoms with E-state index in [1.807, 2.05) is 35.8 Å². The van der Waals surface area contributed by atoms with Crippen LogP contribution < -0.4 is 5.73 Å². The molecule has 0 amide bonds. The standard InChI is InChI=1S/C20H22N4O3.CH4/c1-13-4-6-14(7-5-13)17-15(8-9-16(26)27-2)24(10-3-11-25)20-18(17)19(21)22-12-23-20;/h4-9,12,25H,3,10-11H2,1-2H3,(H2,21,22,23);1H4/b9-8+;. The molecule has 2 aromatic heterocycles. The van der Waals surface area contributed by atoms with E-state index in [0.29, 0.717) is 24.4 Å². The van der Waals surface area contributed by atoms with Crippen molar-refractivity contribution in [2.45, 2.75) is 27.3 Å². The van der Waals surface area contributed by atoms with E-state index in [1.165, 1.54) is 19.5 Å². The molecule has 0 fully saturated rings. The van der Waals surface area contributed by atoms with Gasteiger partial charge in [0.2, 0.25) is 0 Å². The number of benzene rings is 1. The Bertz CT molecular complexity index is 991. The Morgan fingerprint density at radius 1 is 1.29 bits per heavy atom. The number of rotatable bonds is 6. The summed E-state index contributed by atoms with van der Waals surface area (Å²) < 4.78 is 6.67. The van der Waals surface area contributed by atoms with Crippen molar-refractivity contribution < 1.29 is 14.6 Å². The lowest BCUT2D eigenvalue weighted by atomic mass is 10.0. The number of nitrogen functional groups attached to an aromatic ring is 1. The second-order valence-corrected chi connectivity index (χ2v) is 6.17. The van der Waals surface area contributed by atoms with Gasteiger partial charge in [-0.3, -0.25) is 0 Å². The van der Waals surface area contributed by atoms with E-state index < -0.39 is 5.97 Å². The highest BCUT2D eigenvalue weighted by Gasteiger charge is 2.20. The highest BCUT2D eigenvalue weighted by atomic mass is 16.5. The van der Waals surface area contributed by atoms with Crippen LogP contribution in [-0.4, -0.2) is 39.3 Å². The van der Waals surface area contributed by atoms with Crippen molar-refractivity contribution in [2.24, 2.45) is 0 Å². The van der Waals surface area contributed by atoms with Gasteiger partial charge in [-0.1, -0.05) is 37.3 Å². The van der Waals surface area contributed by atoms with Crippen LogP contribution in [0.15, 0.2) is 36.7 Å². The summed E-state index contributed by atoms with van der Waals surface area (Å²) in [6.45, 7) is 2.58. The summed E-state index contributed by atoms with van der Waals surface area (Å²) in [5.41, 5.74) is 10.5. The molecule has 148 valence electrons. The summed E-state index contributed by atoms with van der Waals surface area (Å²) >= 11 is 0. The first-order valence-electron chi connectivity index (χ1n) is 8.63. The summed E-state index contributed by atoms with van der Waals surface area (Å²) in [5, 5.41) is 10.0. The average molecular weight is 382 g/mol. The number of nitrogens with zero attached hydrogens (tertiary/aromatic N) is 3. The number of carbonyl (C=O) groups excluding carboxylic acids is 1. The number of aliphatic hydroxyl groups excluding tert-OH is 1. The van der Waals surface area contributed by atoms with Crippen molar-refractivity contribution in [3.63, 3.8) is 0 Å². The molecule has 0 saturated carbocycles. The minimum atomic E-state index is -0.456. The van der Waals surface area contributed by atoms with E-state index in [-0.39, 0.29) is 14.0 Å². The Balaban J connectivity index is 0.00000280. The molecule has 0 saturated heterocycles. The molecule has 0 spiro atoms. The first-order chi connectivity index (χ1) is 13.1. The molecule has 0 aliphatic carbocycles. The number of fused-ring (bicyclic) bond motifs is 1. The number of carbonyl (C=O) groups is 1. The summed E-state index contributed by atoms with van der Waals surface area (Å²) in [5.74, 6) is -0.0890. The van der Waals surface area contributed by atoms with Crippen LogP contribution in [-0.2, 0) is 16.1 Å². The molecule has 0 bridgehead atoms. The monoisotopic (exact) mass is 382 g/mol. The van der Waals surface area contributed by atoms with Crippen LogP contribution in [0.4, 0.5) is 5.82 Å². The fourth-order valence-corrected chi connectivity index (χ4v) is 3.07. The third kappa shape index (κ3) is 4.04. The fourth-order valence-electron chi connectivity index (χ4n) is 3.07. The van der Waals surface area contributed by atoms with Crippen molar-refractivity contribution in [3.8, 4) is 11.1 Å². The molecule has 0 aliphatic rings. The van der Waals surface area contributed by atoms with Crippen molar-refractivity contribution in [3.05, 3.63) is 47.9 Å². The fraction of sp³-hybridized carbons (Fsp3) is 0.286. The Labute approximate surface area is 164 Å². The van der Waals surface area contributed by atoms with Crippen LogP contribution in [0.25, 0.3) is 28.2 Å². The van der Waals surface area contributed by atoms with E-state index in [1.54, 1.807) is 6.08 Å². The summed E-state index contributed by atoms with van der Waals surface area (Å²) in [4.78, 5) is 20.2. The molecule has 1 aromatic carbocycles. The molecule has 2 heterocycles. The highest BCUT2D eigenvalue weighted by Crippen LogP contribution is 2.37. The zero-order valence-corrected chi connectivity index (χ0v) is 15.3. The maximum absolute atomic E-state index is 11.7. The molecule has 3 N–H and O–H groups in total. The van der Waals surface area contributed by atoms with Gasteiger partial charge < -0.3 is 20.1 Å². The maximum atomic E-state index is 11.7. The second-order valence-electron chi connectivity index (χ2n) is 6.17. The van der Waals surface area contributed by atoms with Gasteiger partial charge in [0, 0.05) is 24.8 Å². The number of ether oxygens (including phenoxy) is 1. The van der Waals surface area contributed by atoms with E-state index in [2.05, 4.69) is 9.97 Å². The molecule has 0 unspecified atom stereocenters. The Kier molecular flexibility index (Phi) is 6.89. The van der Waals surface area contributed by atoms with E-state index in [4.69, 9.17) is 10.5 Å². The molecule has 3 rings (SSSR count). The lowest BCUT2D eigenvalue weighted by Gasteiger charge is -2.08. The third-order valence-electron chi connectivity index (χ3n) is 4.37. The predicted molar refractivity (Wildman–Crippen MR) is 112 cm³/mol. The van der Waals surface area contributed by atoms with E-state index >= 15 is 0 Å². The van der Waals surface area contributed by atoms with Gasteiger partial charge in [0.25, 0.3) is 0 Å². The molecule has 0 aliphatic heterocycles. The molecule has 0 radical (unpaired) electrons. The number of methoxy groups -OCH3 is 1. The number of anilines is 1. The molecule has 7 heteroatoms. The van der Waals surface area contributed by atoms with Gasteiger partial charge in [0.1, 0.15) is 17.8 Å².